The van der Waals surface area contributed by atoms with Crippen molar-refractivity contribution < 1.29 is 9.90 Å². The zero-order valence-corrected chi connectivity index (χ0v) is 8.05. The average Bonchev–Trinajstić information content (AvgIpc) is 2.47. The molecule has 1 saturated heterocycles. The van der Waals surface area contributed by atoms with E-state index in [9.17, 15) is 9.90 Å². The average molecular weight is 191 g/mol. The lowest BCUT2D eigenvalue weighted by molar-refractivity contribution is -0.134. The van der Waals surface area contributed by atoms with Crippen molar-refractivity contribution >= 4 is 5.91 Å². The fourth-order valence-electron chi connectivity index (χ4n) is 1.89. The van der Waals surface area contributed by atoms with Crippen LogP contribution in [-0.2, 0) is 4.79 Å². The van der Waals surface area contributed by atoms with Crippen molar-refractivity contribution in [3.63, 3.8) is 0 Å². The maximum absolute atomic E-state index is 11.4. The number of hydrogen-bond acceptors (Lipinski definition) is 2. The minimum atomic E-state index is -0.829. The molecule has 3 heteroatoms. The highest BCUT2D eigenvalue weighted by Gasteiger charge is 2.36. The van der Waals surface area contributed by atoms with Crippen molar-refractivity contribution in [2.75, 3.05) is 7.05 Å². The molecule has 2 rings (SSSR count). The summed E-state index contributed by atoms with van der Waals surface area (Å²) in [6.07, 6.45) is -0.329. The molecule has 1 amide bonds. The van der Waals surface area contributed by atoms with Gasteiger partial charge in [-0.2, -0.15) is 0 Å². The zero-order chi connectivity index (χ0) is 10.1. The van der Waals surface area contributed by atoms with E-state index in [1.54, 1.807) is 11.9 Å². The maximum Gasteiger partial charge on any atom is 0.251 e. The zero-order valence-electron chi connectivity index (χ0n) is 8.05. The van der Waals surface area contributed by atoms with Crippen molar-refractivity contribution in [2.24, 2.45) is 0 Å². The van der Waals surface area contributed by atoms with Crippen LogP contribution in [0.25, 0.3) is 0 Å². The Morgan fingerprint density at radius 1 is 1.36 bits per heavy atom. The van der Waals surface area contributed by atoms with Gasteiger partial charge in [-0.1, -0.05) is 30.3 Å². The van der Waals surface area contributed by atoms with Gasteiger partial charge in [0.25, 0.3) is 5.91 Å². The third-order valence-electron chi connectivity index (χ3n) is 2.73. The molecule has 3 nitrogen and oxygen atoms in total. The summed E-state index contributed by atoms with van der Waals surface area (Å²) in [5.41, 5.74) is 1.08. The molecule has 0 spiro atoms. The van der Waals surface area contributed by atoms with Crippen LogP contribution in [0.5, 0.6) is 0 Å². The number of aliphatic hydroxyl groups is 1. The Morgan fingerprint density at radius 3 is 2.50 bits per heavy atom. The Labute approximate surface area is 83.0 Å². The van der Waals surface area contributed by atoms with Crippen molar-refractivity contribution in [1.82, 2.24) is 4.90 Å². The minimum Gasteiger partial charge on any atom is -0.383 e. The van der Waals surface area contributed by atoms with Crippen LogP contribution in [0.4, 0.5) is 0 Å². The molecule has 1 heterocycles. The summed E-state index contributed by atoms with van der Waals surface area (Å²) in [6.45, 7) is 0. The monoisotopic (exact) mass is 191 g/mol. The number of likely N-dealkylation sites (tertiary alicyclic amines) is 1. The first-order valence-corrected chi connectivity index (χ1v) is 4.70. The molecule has 0 aliphatic carbocycles. The number of nitrogens with zero attached hydrogens (tertiary/aromatic N) is 1. The van der Waals surface area contributed by atoms with Gasteiger partial charge < -0.3 is 10.0 Å². The van der Waals surface area contributed by atoms with Crippen molar-refractivity contribution in [2.45, 2.75) is 18.6 Å². The van der Waals surface area contributed by atoms with Crippen LogP contribution in [0.15, 0.2) is 30.3 Å². The smallest absolute Gasteiger partial charge is 0.251 e. The van der Waals surface area contributed by atoms with Crippen LogP contribution in [0.3, 0.4) is 0 Å². The standard InChI is InChI=1S/C11H13NO2/c1-12-9(7-10(13)11(12)14)8-5-3-2-4-6-8/h2-6,9-10,13H,7H2,1H3/t9-,10-/m1/s1. The van der Waals surface area contributed by atoms with E-state index in [1.165, 1.54) is 0 Å². The predicted octanol–water partition coefficient (Wildman–Crippen LogP) is 0.951. The van der Waals surface area contributed by atoms with Crippen LogP contribution < -0.4 is 0 Å². The molecule has 0 unspecified atom stereocenters. The van der Waals surface area contributed by atoms with Crippen molar-refractivity contribution in [3.05, 3.63) is 35.9 Å². The van der Waals surface area contributed by atoms with Gasteiger partial charge in [-0.3, -0.25) is 4.79 Å². The maximum atomic E-state index is 11.4. The van der Waals surface area contributed by atoms with Crippen molar-refractivity contribution in [3.8, 4) is 0 Å². The summed E-state index contributed by atoms with van der Waals surface area (Å²) in [6, 6.07) is 9.81. The molecule has 0 saturated carbocycles. The third kappa shape index (κ3) is 1.40. The predicted molar refractivity (Wildman–Crippen MR) is 52.6 cm³/mol. The topological polar surface area (TPSA) is 40.5 Å². The Bertz CT molecular complexity index is 336. The van der Waals surface area contributed by atoms with Crippen LogP contribution in [0, 0.1) is 0 Å². The van der Waals surface area contributed by atoms with Crippen LogP contribution in [0.2, 0.25) is 0 Å². The first-order valence-electron chi connectivity index (χ1n) is 4.70. The van der Waals surface area contributed by atoms with E-state index < -0.39 is 6.10 Å². The molecular formula is C11H13NO2. The van der Waals surface area contributed by atoms with Crippen LogP contribution in [0.1, 0.15) is 18.0 Å². The molecular weight excluding hydrogens is 178 g/mol. The highest BCUT2D eigenvalue weighted by atomic mass is 16.3. The Hall–Kier alpha value is -1.35. The summed E-state index contributed by atoms with van der Waals surface area (Å²) in [5, 5.41) is 9.41. The normalized spacial score (nSPS) is 27.0. The molecule has 1 aromatic carbocycles. The van der Waals surface area contributed by atoms with Gasteiger partial charge in [0.05, 0.1) is 6.04 Å². The first kappa shape index (κ1) is 9.21. The number of benzene rings is 1. The van der Waals surface area contributed by atoms with E-state index in [1.807, 2.05) is 30.3 Å². The van der Waals surface area contributed by atoms with E-state index in [-0.39, 0.29) is 11.9 Å². The molecule has 2 atom stereocenters. The number of amides is 1. The van der Waals surface area contributed by atoms with Crippen LogP contribution >= 0.6 is 0 Å². The SMILES string of the molecule is CN1C(=O)[C@H](O)C[C@@H]1c1ccccc1. The lowest BCUT2D eigenvalue weighted by atomic mass is 10.0. The Balaban J connectivity index is 2.26. The summed E-state index contributed by atoms with van der Waals surface area (Å²) in [7, 11) is 1.73. The molecule has 1 aliphatic heterocycles. The fourth-order valence-corrected chi connectivity index (χ4v) is 1.89. The van der Waals surface area contributed by atoms with Gasteiger partial charge in [0.15, 0.2) is 0 Å². The molecule has 74 valence electrons. The van der Waals surface area contributed by atoms with Gasteiger partial charge in [0.2, 0.25) is 0 Å². The Kier molecular flexibility index (Phi) is 2.25. The van der Waals surface area contributed by atoms with E-state index in [2.05, 4.69) is 0 Å². The molecule has 1 aliphatic rings. The minimum absolute atomic E-state index is 0.0266. The second-order valence-corrected chi connectivity index (χ2v) is 3.63. The highest BCUT2D eigenvalue weighted by Crippen LogP contribution is 2.31. The number of hydrogen-bond donors (Lipinski definition) is 1. The van der Waals surface area contributed by atoms with Gasteiger partial charge >= 0.3 is 0 Å². The molecule has 0 radical (unpaired) electrons. The number of rotatable bonds is 1. The first-order chi connectivity index (χ1) is 6.70. The molecule has 1 aromatic rings. The fraction of sp³-hybridized carbons (Fsp3) is 0.364. The van der Waals surface area contributed by atoms with Crippen LogP contribution in [-0.4, -0.2) is 29.1 Å². The summed E-state index contributed by atoms with van der Waals surface area (Å²) in [5.74, 6) is -0.182. The van der Waals surface area contributed by atoms with Gasteiger partial charge in [-0.25, -0.2) is 0 Å². The molecule has 14 heavy (non-hydrogen) atoms. The summed E-state index contributed by atoms with van der Waals surface area (Å²) >= 11 is 0. The third-order valence-corrected chi connectivity index (χ3v) is 2.73. The van der Waals surface area contributed by atoms with Gasteiger partial charge in [0, 0.05) is 13.5 Å². The summed E-state index contributed by atoms with van der Waals surface area (Å²) in [4.78, 5) is 13.0. The largest absolute Gasteiger partial charge is 0.383 e. The van der Waals surface area contributed by atoms with E-state index in [0.717, 1.165) is 5.56 Å². The Morgan fingerprint density at radius 2 is 2.00 bits per heavy atom. The van der Waals surface area contributed by atoms with Gasteiger partial charge in [-0.05, 0) is 5.56 Å². The number of carbonyl (C=O) groups excluding carboxylic acids is 1. The molecule has 1 N–H and O–H groups in total. The van der Waals surface area contributed by atoms with Gasteiger partial charge in [-0.15, -0.1) is 0 Å². The highest BCUT2D eigenvalue weighted by molar-refractivity contribution is 5.83. The van der Waals surface area contributed by atoms with E-state index in [4.69, 9.17) is 0 Å². The lowest BCUT2D eigenvalue weighted by Crippen LogP contribution is -2.26. The van der Waals surface area contributed by atoms with Gasteiger partial charge in [0.1, 0.15) is 6.10 Å². The molecule has 1 fully saturated rings. The quantitative estimate of drug-likeness (QED) is 0.718. The second kappa shape index (κ2) is 3.42. The lowest BCUT2D eigenvalue weighted by Gasteiger charge is -2.19. The molecule has 0 aromatic heterocycles. The molecule has 0 bridgehead atoms. The number of carbonyl (C=O) groups is 1. The van der Waals surface area contributed by atoms with Crippen molar-refractivity contribution in [1.29, 1.82) is 0 Å². The van der Waals surface area contributed by atoms with E-state index in [0.29, 0.717) is 6.42 Å². The second-order valence-electron chi connectivity index (χ2n) is 3.63. The number of aliphatic hydroxyl groups excluding tert-OH is 1. The number of likely N-dealkylation sites (N-methyl/N-ethyl adjacent to an activating group) is 1. The van der Waals surface area contributed by atoms with E-state index >= 15 is 0 Å². The summed E-state index contributed by atoms with van der Waals surface area (Å²) < 4.78 is 0.